The SMILES string of the molecule is O=C(CCn1c(=O)c(N2CCCC2)nc2ccccc21)Nc1cccc2ccccc12. The smallest absolute Gasteiger partial charge is 0.294 e. The summed E-state index contributed by atoms with van der Waals surface area (Å²) in [6.07, 6.45) is 2.35. The number of carbonyl (C=O) groups is 1. The normalized spacial score (nSPS) is 13.7. The molecule has 4 aromatic rings. The molecule has 0 saturated carbocycles. The second kappa shape index (κ2) is 8.22. The predicted octanol–water partition coefficient (Wildman–Crippen LogP) is 4.18. The molecule has 1 fully saturated rings. The monoisotopic (exact) mass is 412 g/mol. The van der Waals surface area contributed by atoms with Crippen molar-refractivity contribution in [2.75, 3.05) is 23.3 Å². The van der Waals surface area contributed by atoms with Crippen LogP contribution in [0.3, 0.4) is 0 Å². The van der Waals surface area contributed by atoms with Crippen molar-refractivity contribution in [2.45, 2.75) is 25.8 Å². The second-order valence-corrected chi connectivity index (χ2v) is 7.90. The summed E-state index contributed by atoms with van der Waals surface area (Å²) in [7, 11) is 0. The lowest BCUT2D eigenvalue weighted by Crippen LogP contribution is -2.32. The van der Waals surface area contributed by atoms with E-state index in [1.54, 1.807) is 4.57 Å². The number of nitrogens with zero attached hydrogens (tertiary/aromatic N) is 3. The van der Waals surface area contributed by atoms with Gasteiger partial charge in [0, 0.05) is 37.1 Å². The molecule has 156 valence electrons. The molecule has 0 atom stereocenters. The Hall–Kier alpha value is -3.67. The third-order valence-corrected chi connectivity index (χ3v) is 5.87. The molecule has 0 unspecified atom stereocenters. The van der Waals surface area contributed by atoms with Gasteiger partial charge in [0.2, 0.25) is 5.91 Å². The van der Waals surface area contributed by atoms with E-state index in [4.69, 9.17) is 0 Å². The lowest BCUT2D eigenvalue weighted by Gasteiger charge is -2.19. The predicted molar refractivity (Wildman–Crippen MR) is 125 cm³/mol. The van der Waals surface area contributed by atoms with Crippen molar-refractivity contribution in [3.63, 3.8) is 0 Å². The number of nitrogens with one attached hydrogen (secondary N) is 1. The average molecular weight is 412 g/mol. The first kappa shape index (κ1) is 19.3. The third kappa shape index (κ3) is 3.77. The first-order chi connectivity index (χ1) is 15.2. The highest BCUT2D eigenvalue weighted by Gasteiger charge is 2.20. The van der Waals surface area contributed by atoms with E-state index in [1.807, 2.05) is 66.7 Å². The molecular formula is C25H24N4O2. The minimum atomic E-state index is -0.126. The number of fused-ring (bicyclic) bond motifs is 2. The van der Waals surface area contributed by atoms with Crippen molar-refractivity contribution in [2.24, 2.45) is 0 Å². The van der Waals surface area contributed by atoms with Gasteiger partial charge < -0.3 is 14.8 Å². The van der Waals surface area contributed by atoms with Crippen LogP contribution >= 0.6 is 0 Å². The van der Waals surface area contributed by atoms with E-state index < -0.39 is 0 Å². The van der Waals surface area contributed by atoms with Crippen LogP contribution in [0.25, 0.3) is 21.8 Å². The van der Waals surface area contributed by atoms with Gasteiger partial charge in [-0.2, -0.15) is 0 Å². The number of hydrogen-bond donors (Lipinski definition) is 1. The van der Waals surface area contributed by atoms with Crippen LogP contribution in [-0.2, 0) is 11.3 Å². The Labute approximate surface area is 180 Å². The number of para-hydroxylation sites is 2. The maximum absolute atomic E-state index is 13.2. The number of anilines is 2. The van der Waals surface area contributed by atoms with Gasteiger partial charge in [0.1, 0.15) is 0 Å². The quantitative estimate of drug-likeness (QED) is 0.534. The molecular weight excluding hydrogens is 388 g/mol. The zero-order chi connectivity index (χ0) is 21.2. The topological polar surface area (TPSA) is 67.2 Å². The van der Waals surface area contributed by atoms with Crippen LogP contribution in [0.15, 0.2) is 71.5 Å². The number of aromatic nitrogens is 2. The lowest BCUT2D eigenvalue weighted by molar-refractivity contribution is -0.116. The van der Waals surface area contributed by atoms with Crippen molar-refractivity contribution < 1.29 is 4.79 Å². The summed E-state index contributed by atoms with van der Waals surface area (Å²) < 4.78 is 1.69. The summed E-state index contributed by atoms with van der Waals surface area (Å²) in [5.74, 6) is 0.373. The van der Waals surface area contributed by atoms with Gasteiger partial charge >= 0.3 is 0 Å². The van der Waals surface area contributed by atoms with E-state index in [9.17, 15) is 9.59 Å². The molecule has 1 aliphatic rings. The van der Waals surface area contributed by atoms with Crippen LogP contribution in [0.1, 0.15) is 19.3 Å². The van der Waals surface area contributed by atoms with Gasteiger partial charge in [-0.25, -0.2) is 4.98 Å². The van der Waals surface area contributed by atoms with Crippen LogP contribution in [0.5, 0.6) is 0 Å². The zero-order valence-corrected chi connectivity index (χ0v) is 17.3. The van der Waals surface area contributed by atoms with Gasteiger partial charge in [-0.15, -0.1) is 0 Å². The van der Waals surface area contributed by atoms with Crippen molar-refractivity contribution in [1.82, 2.24) is 9.55 Å². The summed E-state index contributed by atoms with van der Waals surface area (Å²) in [5.41, 5.74) is 2.19. The van der Waals surface area contributed by atoms with Crippen molar-refractivity contribution in [3.05, 3.63) is 77.1 Å². The maximum Gasteiger partial charge on any atom is 0.294 e. The molecule has 0 radical (unpaired) electrons. The number of rotatable bonds is 5. The van der Waals surface area contributed by atoms with E-state index in [1.165, 1.54) is 0 Å². The van der Waals surface area contributed by atoms with Gasteiger partial charge in [-0.05, 0) is 36.4 Å². The molecule has 5 rings (SSSR count). The molecule has 1 aliphatic heterocycles. The first-order valence-electron chi connectivity index (χ1n) is 10.7. The van der Waals surface area contributed by atoms with Crippen molar-refractivity contribution >= 4 is 39.2 Å². The van der Waals surface area contributed by atoms with E-state index >= 15 is 0 Å². The fourth-order valence-corrected chi connectivity index (χ4v) is 4.30. The number of amides is 1. The molecule has 31 heavy (non-hydrogen) atoms. The molecule has 6 heteroatoms. The minimum absolute atomic E-state index is 0.119. The van der Waals surface area contributed by atoms with Crippen LogP contribution < -0.4 is 15.8 Å². The third-order valence-electron chi connectivity index (χ3n) is 5.87. The molecule has 0 spiro atoms. The molecule has 1 N–H and O–H groups in total. The van der Waals surface area contributed by atoms with E-state index in [0.717, 1.165) is 53.4 Å². The molecule has 6 nitrogen and oxygen atoms in total. The Morgan fingerprint density at radius 1 is 0.935 bits per heavy atom. The van der Waals surface area contributed by atoms with E-state index in [0.29, 0.717) is 12.4 Å². The highest BCUT2D eigenvalue weighted by molar-refractivity contribution is 6.02. The summed E-state index contributed by atoms with van der Waals surface area (Å²) in [6.45, 7) is 2.00. The highest BCUT2D eigenvalue weighted by atomic mass is 16.2. The largest absolute Gasteiger partial charge is 0.352 e. The van der Waals surface area contributed by atoms with Crippen LogP contribution in [0.2, 0.25) is 0 Å². The maximum atomic E-state index is 13.2. The first-order valence-corrected chi connectivity index (χ1v) is 10.7. The summed E-state index contributed by atoms with van der Waals surface area (Å²) >= 11 is 0. The molecule has 1 aromatic heterocycles. The number of benzene rings is 3. The standard InChI is InChI=1S/C25H24N4O2/c30-23(26-20-12-7-9-18-8-1-2-10-19(18)20)14-17-29-22-13-4-3-11-21(22)27-24(25(29)31)28-15-5-6-16-28/h1-4,7-13H,5-6,14-17H2,(H,26,30). The van der Waals surface area contributed by atoms with E-state index in [-0.39, 0.29) is 17.9 Å². The molecule has 3 aromatic carbocycles. The Kier molecular flexibility index (Phi) is 5.12. The Bertz CT molecular complexity index is 1320. The summed E-state index contributed by atoms with van der Waals surface area (Å²) in [6, 6.07) is 21.4. The van der Waals surface area contributed by atoms with Gasteiger partial charge in [-0.3, -0.25) is 9.59 Å². The summed E-state index contributed by atoms with van der Waals surface area (Å²) in [4.78, 5) is 32.7. The summed E-state index contributed by atoms with van der Waals surface area (Å²) in [5, 5.41) is 5.09. The highest BCUT2D eigenvalue weighted by Crippen LogP contribution is 2.23. The van der Waals surface area contributed by atoms with Crippen LogP contribution in [0, 0.1) is 0 Å². The minimum Gasteiger partial charge on any atom is -0.352 e. The van der Waals surface area contributed by atoms with Gasteiger partial charge in [0.05, 0.1) is 11.0 Å². The molecule has 0 aliphatic carbocycles. The molecule has 1 saturated heterocycles. The average Bonchev–Trinajstić information content (AvgIpc) is 3.33. The molecule has 2 heterocycles. The number of hydrogen-bond acceptors (Lipinski definition) is 4. The van der Waals surface area contributed by atoms with Crippen molar-refractivity contribution in [3.8, 4) is 0 Å². The van der Waals surface area contributed by atoms with Crippen LogP contribution in [-0.4, -0.2) is 28.5 Å². The Balaban J connectivity index is 1.42. The zero-order valence-electron chi connectivity index (χ0n) is 17.3. The second-order valence-electron chi connectivity index (χ2n) is 7.90. The van der Waals surface area contributed by atoms with Gasteiger partial charge in [0.15, 0.2) is 5.82 Å². The van der Waals surface area contributed by atoms with Crippen LogP contribution in [0.4, 0.5) is 11.5 Å². The Morgan fingerprint density at radius 2 is 1.68 bits per heavy atom. The fourth-order valence-electron chi connectivity index (χ4n) is 4.30. The Morgan fingerprint density at radius 3 is 2.55 bits per heavy atom. The number of aryl methyl sites for hydroxylation is 1. The lowest BCUT2D eigenvalue weighted by atomic mass is 10.1. The van der Waals surface area contributed by atoms with E-state index in [2.05, 4.69) is 15.2 Å². The number of carbonyl (C=O) groups excluding carboxylic acids is 1. The molecule has 1 amide bonds. The fraction of sp³-hybridized carbons (Fsp3) is 0.240. The van der Waals surface area contributed by atoms with Crippen molar-refractivity contribution in [1.29, 1.82) is 0 Å². The molecule has 0 bridgehead atoms. The van der Waals surface area contributed by atoms with Gasteiger partial charge in [-0.1, -0.05) is 48.5 Å². The van der Waals surface area contributed by atoms with Gasteiger partial charge in [0.25, 0.3) is 5.56 Å².